The van der Waals surface area contributed by atoms with E-state index in [9.17, 15) is 0 Å². The highest BCUT2D eigenvalue weighted by Gasteiger charge is 2.28. The molecule has 0 radical (unpaired) electrons. The molecule has 1 aromatic carbocycles. The Morgan fingerprint density at radius 2 is 2.12 bits per heavy atom. The van der Waals surface area contributed by atoms with Crippen LogP contribution in [0.15, 0.2) is 47.7 Å². The minimum Gasteiger partial charge on any atom is -0.349 e. The van der Waals surface area contributed by atoms with Crippen molar-refractivity contribution in [1.82, 2.24) is 19.8 Å². The van der Waals surface area contributed by atoms with Crippen LogP contribution >= 0.6 is 11.8 Å². The summed E-state index contributed by atoms with van der Waals surface area (Å²) in [6, 6.07) is 10.6. The molecule has 1 saturated heterocycles. The monoisotopic (exact) mass is 371 g/mol. The Bertz CT molecular complexity index is 723. The number of thioether (sulfide) groups is 1. The first-order chi connectivity index (χ1) is 12.6. The fourth-order valence-corrected chi connectivity index (χ4v) is 4.40. The Hall–Kier alpha value is -1.95. The van der Waals surface area contributed by atoms with E-state index in [1.54, 1.807) is 0 Å². The Balaban J connectivity index is 1.56. The highest BCUT2D eigenvalue weighted by molar-refractivity contribution is 8.00. The van der Waals surface area contributed by atoms with Gasteiger partial charge in [-0.2, -0.15) is 11.8 Å². The van der Waals surface area contributed by atoms with E-state index in [0.29, 0.717) is 6.54 Å². The lowest BCUT2D eigenvalue weighted by molar-refractivity contribution is 0.375. The van der Waals surface area contributed by atoms with E-state index in [-0.39, 0.29) is 4.75 Å². The van der Waals surface area contributed by atoms with Crippen LogP contribution in [0.25, 0.3) is 0 Å². The standard InChI is InChI=1S/C20H29N5S/c1-20(2)16-25(13-14-26-20)19(21-3)23-15-18-22-10-12-24(18)11-9-17-7-5-4-6-8-17/h4-8,10,12H,9,11,13-16H2,1-3H3,(H,21,23). The Kier molecular flexibility index (Phi) is 6.25. The van der Waals surface area contributed by atoms with Gasteiger partial charge in [0.25, 0.3) is 0 Å². The molecule has 1 fully saturated rings. The predicted molar refractivity (Wildman–Crippen MR) is 111 cm³/mol. The van der Waals surface area contributed by atoms with Gasteiger partial charge in [0.15, 0.2) is 5.96 Å². The third kappa shape index (κ3) is 5.04. The van der Waals surface area contributed by atoms with Crippen molar-refractivity contribution < 1.29 is 0 Å². The zero-order valence-corrected chi connectivity index (χ0v) is 16.8. The van der Waals surface area contributed by atoms with E-state index in [4.69, 9.17) is 0 Å². The normalized spacial score (nSPS) is 17.3. The molecule has 1 aliphatic rings. The smallest absolute Gasteiger partial charge is 0.194 e. The van der Waals surface area contributed by atoms with Crippen LogP contribution < -0.4 is 5.32 Å². The summed E-state index contributed by atoms with van der Waals surface area (Å²) in [4.78, 5) is 11.4. The third-order valence-corrected chi connectivity index (χ3v) is 5.92. The minimum atomic E-state index is 0.268. The molecule has 0 unspecified atom stereocenters. The molecule has 6 heteroatoms. The maximum absolute atomic E-state index is 4.53. The summed E-state index contributed by atoms with van der Waals surface area (Å²) < 4.78 is 2.49. The summed E-state index contributed by atoms with van der Waals surface area (Å²) in [6.07, 6.45) is 4.95. The van der Waals surface area contributed by atoms with Gasteiger partial charge in [-0.05, 0) is 25.8 Å². The van der Waals surface area contributed by atoms with Crippen molar-refractivity contribution in [3.05, 3.63) is 54.1 Å². The van der Waals surface area contributed by atoms with Gasteiger partial charge in [0.05, 0.1) is 6.54 Å². The lowest BCUT2D eigenvalue weighted by Gasteiger charge is -2.39. The number of nitrogens with zero attached hydrogens (tertiary/aromatic N) is 4. The molecule has 0 aliphatic carbocycles. The Morgan fingerprint density at radius 1 is 1.31 bits per heavy atom. The van der Waals surface area contributed by atoms with Crippen LogP contribution in [-0.2, 0) is 19.5 Å². The van der Waals surface area contributed by atoms with Gasteiger partial charge in [0.2, 0.25) is 0 Å². The van der Waals surface area contributed by atoms with Gasteiger partial charge in [0.1, 0.15) is 5.82 Å². The van der Waals surface area contributed by atoms with E-state index in [0.717, 1.165) is 43.6 Å². The summed E-state index contributed by atoms with van der Waals surface area (Å²) >= 11 is 2.03. The van der Waals surface area contributed by atoms with E-state index < -0.39 is 0 Å². The molecule has 1 aliphatic heterocycles. The third-order valence-electron chi connectivity index (χ3n) is 4.63. The average Bonchev–Trinajstić information content (AvgIpc) is 3.08. The first-order valence-corrected chi connectivity index (χ1v) is 10.2. The van der Waals surface area contributed by atoms with Crippen LogP contribution in [-0.4, -0.2) is 51.0 Å². The van der Waals surface area contributed by atoms with Gasteiger partial charge in [-0.15, -0.1) is 0 Å². The number of aromatic nitrogens is 2. The lowest BCUT2D eigenvalue weighted by Crippen LogP contribution is -2.50. The highest BCUT2D eigenvalue weighted by Crippen LogP contribution is 2.29. The van der Waals surface area contributed by atoms with Crippen molar-refractivity contribution in [2.75, 3.05) is 25.9 Å². The average molecular weight is 372 g/mol. The Labute approximate surface area is 160 Å². The summed E-state index contributed by atoms with van der Waals surface area (Å²) in [5, 5.41) is 3.50. The molecule has 0 bridgehead atoms. The maximum atomic E-state index is 4.53. The lowest BCUT2D eigenvalue weighted by atomic mass is 10.1. The molecule has 0 atom stereocenters. The van der Waals surface area contributed by atoms with E-state index in [2.05, 4.69) is 75.1 Å². The predicted octanol–water partition coefficient (Wildman–Crippen LogP) is 3.03. The molecule has 0 amide bonds. The highest BCUT2D eigenvalue weighted by atomic mass is 32.2. The number of hydrogen-bond donors (Lipinski definition) is 1. The zero-order chi connectivity index (χ0) is 18.4. The summed E-state index contributed by atoms with van der Waals surface area (Å²) in [6.45, 7) is 8.28. The summed E-state index contributed by atoms with van der Waals surface area (Å²) in [5.41, 5.74) is 1.35. The number of aliphatic imine (C=N–C) groups is 1. The minimum absolute atomic E-state index is 0.268. The van der Waals surface area contributed by atoms with Crippen molar-refractivity contribution in [1.29, 1.82) is 0 Å². The van der Waals surface area contributed by atoms with Gasteiger partial charge >= 0.3 is 0 Å². The Morgan fingerprint density at radius 3 is 2.85 bits per heavy atom. The maximum Gasteiger partial charge on any atom is 0.194 e. The van der Waals surface area contributed by atoms with Crippen LogP contribution in [0.1, 0.15) is 25.2 Å². The van der Waals surface area contributed by atoms with Crippen LogP contribution in [0.5, 0.6) is 0 Å². The number of nitrogens with one attached hydrogen (secondary N) is 1. The molecule has 140 valence electrons. The van der Waals surface area contributed by atoms with Gasteiger partial charge in [-0.1, -0.05) is 30.3 Å². The van der Waals surface area contributed by atoms with E-state index in [1.807, 2.05) is 25.0 Å². The van der Waals surface area contributed by atoms with Crippen molar-refractivity contribution in [3.63, 3.8) is 0 Å². The first-order valence-electron chi connectivity index (χ1n) is 9.21. The molecular weight excluding hydrogens is 342 g/mol. The van der Waals surface area contributed by atoms with Crippen molar-refractivity contribution >= 4 is 17.7 Å². The second kappa shape index (κ2) is 8.62. The molecule has 0 saturated carbocycles. The molecule has 0 spiro atoms. The fourth-order valence-electron chi connectivity index (χ4n) is 3.29. The van der Waals surface area contributed by atoms with Crippen LogP contribution in [0, 0.1) is 0 Å². The molecule has 3 rings (SSSR count). The molecule has 2 heterocycles. The second-order valence-electron chi connectivity index (χ2n) is 7.20. The molecule has 1 aromatic heterocycles. The van der Waals surface area contributed by atoms with Gasteiger partial charge in [0, 0.05) is 49.6 Å². The summed E-state index contributed by atoms with van der Waals surface area (Å²) in [5.74, 6) is 3.16. The topological polar surface area (TPSA) is 45.5 Å². The van der Waals surface area contributed by atoms with Crippen molar-refractivity contribution in [3.8, 4) is 0 Å². The van der Waals surface area contributed by atoms with Gasteiger partial charge in [-0.3, -0.25) is 4.99 Å². The van der Waals surface area contributed by atoms with Crippen LogP contribution in [0.2, 0.25) is 0 Å². The van der Waals surface area contributed by atoms with Gasteiger partial charge in [-0.25, -0.2) is 4.98 Å². The number of guanidine groups is 1. The van der Waals surface area contributed by atoms with Crippen molar-refractivity contribution in [2.24, 2.45) is 4.99 Å². The zero-order valence-electron chi connectivity index (χ0n) is 16.0. The number of hydrogen-bond acceptors (Lipinski definition) is 3. The van der Waals surface area contributed by atoms with Crippen LogP contribution in [0.4, 0.5) is 0 Å². The quantitative estimate of drug-likeness (QED) is 0.648. The largest absolute Gasteiger partial charge is 0.349 e. The summed E-state index contributed by atoms with van der Waals surface area (Å²) in [7, 11) is 1.86. The number of rotatable bonds is 5. The molecular formula is C20H29N5S. The molecule has 1 N–H and O–H groups in total. The first kappa shape index (κ1) is 18.8. The number of aryl methyl sites for hydroxylation is 2. The van der Waals surface area contributed by atoms with Crippen molar-refractivity contribution in [2.45, 2.75) is 38.1 Å². The van der Waals surface area contributed by atoms with E-state index in [1.165, 1.54) is 5.56 Å². The van der Waals surface area contributed by atoms with Gasteiger partial charge < -0.3 is 14.8 Å². The number of imidazole rings is 1. The molecule has 2 aromatic rings. The molecule has 26 heavy (non-hydrogen) atoms. The second-order valence-corrected chi connectivity index (χ2v) is 9.01. The molecule has 5 nitrogen and oxygen atoms in total. The number of benzene rings is 1. The van der Waals surface area contributed by atoms with E-state index >= 15 is 0 Å². The fraction of sp³-hybridized carbons (Fsp3) is 0.500. The van der Waals surface area contributed by atoms with Crippen LogP contribution in [0.3, 0.4) is 0 Å². The SMILES string of the molecule is CN=C(NCc1nccn1CCc1ccccc1)N1CCSC(C)(C)C1.